The molecule has 0 bridgehead atoms. The van der Waals surface area contributed by atoms with Crippen molar-refractivity contribution in [1.82, 2.24) is 36.6 Å². The number of amides is 7. The lowest BCUT2D eigenvalue weighted by Crippen LogP contribution is -2.60. The third-order valence-corrected chi connectivity index (χ3v) is 12.3. The van der Waals surface area contributed by atoms with Crippen LogP contribution in [0.3, 0.4) is 0 Å². The zero-order chi connectivity index (χ0) is 52.2. The molecule has 384 valence electrons. The van der Waals surface area contributed by atoms with Crippen LogP contribution in [0.5, 0.6) is 0 Å². The molecule has 71 heavy (non-hydrogen) atoms. The van der Waals surface area contributed by atoms with Crippen LogP contribution < -0.4 is 49.5 Å². The highest BCUT2D eigenvalue weighted by atomic mass is 16.3. The molecule has 0 aliphatic rings. The molecule has 0 saturated heterocycles. The summed E-state index contributed by atoms with van der Waals surface area (Å²) in [6.45, 7) is 6.97. The standard InChI is InChI=1S/C50H70N12O9/c1-5-7-15-36(58-48(70)42(28(3)6-2)61-49(71)43(29(4)63)62-47(69)39-27-56-34-16-10-11-17-35(34)57-39)40(64)26-33(25-30-19-20-31-13-8-9-14-32(31)24-30)45(67)60-38(21-22-41(51)65)46(68)59-37(44(52)66)18-12-23-55-50(53)54/h8-11,13-14,16-17,19-20,24,27-29,33,36-38,40,42-43,63-64H,5-7,12,15,18,21-23,25-26H2,1-4H3,(H2,51,65)(H2,52,66)(H,58,70)(H,59,68)(H,60,67)(H,61,71)(H,62,69)(H4,53,54,55)/t28-,29+,33?,36-,37-,38-,40?,42-,43-/m0/s1. The number of nitrogens with one attached hydrogen (secondary N) is 5. The summed E-state index contributed by atoms with van der Waals surface area (Å²) in [7, 11) is 0. The van der Waals surface area contributed by atoms with Crippen molar-refractivity contribution >= 4 is 69.1 Å². The van der Waals surface area contributed by atoms with E-state index in [0.717, 1.165) is 16.3 Å². The van der Waals surface area contributed by atoms with Crippen LogP contribution in [-0.2, 0) is 35.2 Å². The fraction of sp³-hybridized carbons (Fsp3) is 0.480. The van der Waals surface area contributed by atoms with Crippen LogP contribution in [0.1, 0.15) is 102 Å². The molecule has 0 fully saturated rings. The molecule has 4 rings (SSSR count). The van der Waals surface area contributed by atoms with E-state index in [9.17, 15) is 43.8 Å². The van der Waals surface area contributed by atoms with Crippen LogP contribution >= 0.6 is 0 Å². The highest BCUT2D eigenvalue weighted by Gasteiger charge is 2.36. The molecule has 0 spiro atoms. The Morgan fingerprint density at radius 3 is 2.00 bits per heavy atom. The molecule has 0 saturated carbocycles. The molecule has 9 atom stereocenters. The van der Waals surface area contributed by atoms with Crippen molar-refractivity contribution in [2.24, 2.45) is 39.8 Å². The van der Waals surface area contributed by atoms with Crippen molar-refractivity contribution in [2.45, 2.75) is 134 Å². The SMILES string of the molecule is CCCC[C@H](NC(=O)[C@@H](NC(=O)[C@@H](NC(=O)c1cnc2ccccc2n1)[C@@H](C)O)[C@@H](C)CC)C(O)CC(Cc1ccc2ccccc2c1)C(=O)N[C@@H](CCC(N)=O)C(=O)N[C@@H](CCCN=C(N)N)C(N)=O. The molecular formula is C50H70N12O9. The van der Waals surface area contributed by atoms with Gasteiger partial charge in [0.1, 0.15) is 29.9 Å². The summed E-state index contributed by atoms with van der Waals surface area (Å²) in [5.74, 6) is -6.99. The minimum Gasteiger partial charge on any atom is -0.391 e. The number of benzene rings is 3. The first-order valence-corrected chi connectivity index (χ1v) is 24.0. The summed E-state index contributed by atoms with van der Waals surface area (Å²) >= 11 is 0. The van der Waals surface area contributed by atoms with Crippen LogP contribution in [0.25, 0.3) is 21.8 Å². The molecule has 0 radical (unpaired) electrons. The van der Waals surface area contributed by atoms with Crippen LogP contribution in [0.15, 0.2) is 77.9 Å². The van der Waals surface area contributed by atoms with Crippen molar-refractivity contribution in [3.8, 4) is 0 Å². The highest BCUT2D eigenvalue weighted by molar-refractivity contribution is 5.98. The Bertz CT molecular complexity index is 2500. The van der Waals surface area contributed by atoms with Gasteiger partial charge in [0.15, 0.2) is 5.96 Å². The van der Waals surface area contributed by atoms with Crippen molar-refractivity contribution < 1.29 is 43.8 Å². The number of guanidine groups is 1. The van der Waals surface area contributed by atoms with Crippen molar-refractivity contribution in [1.29, 1.82) is 0 Å². The third kappa shape index (κ3) is 17.6. The van der Waals surface area contributed by atoms with Crippen molar-refractivity contribution in [3.63, 3.8) is 0 Å². The average molecular weight is 983 g/mol. The second-order valence-corrected chi connectivity index (χ2v) is 17.9. The fourth-order valence-electron chi connectivity index (χ4n) is 7.98. The summed E-state index contributed by atoms with van der Waals surface area (Å²) in [4.78, 5) is 107. The molecule has 0 aliphatic heterocycles. The zero-order valence-electron chi connectivity index (χ0n) is 40.8. The first-order valence-electron chi connectivity index (χ1n) is 24.0. The minimum atomic E-state index is -1.50. The Morgan fingerprint density at radius 1 is 0.690 bits per heavy atom. The van der Waals surface area contributed by atoms with Gasteiger partial charge in [0, 0.05) is 18.9 Å². The number of rotatable bonds is 29. The minimum absolute atomic E-state index is 0.0664. The number of nitrogens with two attached hydrogens (primary N) is 4. The number of para-hydroxylation sites is 2. The second kappa shape index (κ2) is 27.8. The van der Waals surface area contributed by atoms with Crippen molar-refractivity contribution in [3.05, 3.63) is 84.2 Å². The Hall–Kier alpha value is -7.26. The fourth-order valence-corrected chi connectivity index (χ4v) is 7.98. The number of unbranched alkanes of at least 4 members (excludes halogenated alkanes) is 1. The molecule has 2 unspecified atom stereocenters. The van der Waals surface area contributed by atoms with E-state index in [0.29, 0.717) is 30.3 Å². The summed E-state index contributed by atoms with van der Waals surface area (Å²) in [6, 6.07) is 14.0. The smallest absolute Gasteiger partial charge is 0.272 e. The second-order valence-electron chi connectivity index (χ2n) is 17.9. The maximum atomic E-state index is 14.5. The number of aliphatic hydroxyl groups excluding tert-OH is 2. The Kier molecular flexibility index (Phi) is 22.1. The molecule has 7 amide bonds. The van der Waals surface area contributed by atoms with E-state index >= 15 is 0 Å². The van der Waals surface area contributed by atoms with Gasteiger partial charge >= 0.3 is 0 Å². The Morgan fingerprint density at radius 2 is 1.35 bits per heavy atom. The van der Waals surface area contributed by atoms with E-state index in [1.54, 1.807) is 31.2 Å². The monoisotopic (exact) mass is 983 g/mol. The maximum absolute atomic E-state index is 14.5. The van der Waals surface area contributed by atoms with Gasteiger partial charge in [-0.15, -0.1) is 0 Å². The molecule has 15 N–H and O–H groups in total. The van der Waals surface area contributed by atoms with E-state index in [-0.39, 0.29) is 63.1 Å². The largest absolute Gasteiger partial charge is 0.391 e. The number of aromatic nitrogens is 2. The van der Waals surface area contributed by atoms with Crippen LogP contribution in [-0.4, -0.2) is 116 Å². The number of fused-ring (bicyclic) bond motifs is 2. The number of hydrogen-bond acceptors (Lipinski definition) is 12. The summed E-state index contributed by atoms with van der Waals surface area (Å²) in [5.41, 5.74) is 23.5. The summed E-state index contributed by atoms with van der Waals surface area (Å²) in [5, 5.41) is 38.1. The van der Waals surface area contributed by atoms with E-state index in [4.69, 9.17) is 22.9 Å². The third-order valence-electron chi connectivity index (χ3n) is 12.3. The number of hydrogen-bond donors (Lipinski definition) is 11. The van der Waals surface area contributed by atoms with E-state index < -0.39 is 95.6 Å². The van der Waals surface area contributed by atoms with Gasteiger partial charge in [-0.2, -0.15) is 0 Å². The average Bonchev–Trinajstić information content (AvgIpc) is 3.34. The van der Waals surface area contributed by atoms with Gasteiger partial charge in [-0.25, -0.2) is 4.98 Å². The van der Waals surface area contributed by atoms with Gasteiger partial charge in [-0.3, -0.25) is 43.5 Å². The van der Waals surface area contributed by atoms with Gasteiger partial charge in [-0.05, 0) is 79.8 Å². The van der Waals surface area contributed by atoms with Gasteiger partial charge in [0.05, 0.1) is 35.5 Å². The van der Waals surface area contributed by atoms with Crippen LogP contribution in [0.2, 0.25) is 0 Å². The number of carbonyl (C=O) groups is 7. The number of carbonyl (C=O) groups excluding carboxylic acids is 7. The maximum Gasteiger partial charge on any atom is 0.272 e. The zero-order valence-corrected chi connectivity index (χ0v) is 40.8. The van der Waals surface area contributed by atoms with Gasteiger partial charge in [-0.1, -0.05) is 94.6 Å². The lowest BCUT2D eigenvalue weighted by Gasteiger charge is -2.32. The molecule has 4 aromatic rings. The van der Waals surface area contributed by atoms with Gasteiger partial charge < -0.3 is 59.7 Å². The molecule has 1 aromatic heterocycles. The predicted octanol–water partition coefficient (Wildman–Crippen LogP) is 0.852. The number of nitrogens with zero attached hydrogens (tertiary/aromatic N) is 3. The summed E-state index contributed by atoms with van der Waals surface area (Å²) < 4.78 is 0. The van der Waals surface area contributed by atoms with Gasteiger partial charge in [0.2, 0.25) is 35.4 Å². The molecule has 3 aromatic carbocycles. The molecular weight excluding hydrogens is 913 g/mol. The quantitative estimate of drug-likeness (QED) is 0.0205. The Labute approximate surface area is 413 Å². The number of primary amides is 2. The molecule has 0 aliphatic carbocycles. The number of aliphatic hydroxyl groups is 2. The molecule has 21 heteroatoms. The topological polar surface area (TPSA) is 362 Å². The van der Waals surface area contributed by atoms with E-state index in [1.807, 2.05) is 56.3 Å². The lowest BCUT2D eigenvalue weighted by atomic mass is 9.88. The summed E-state index contributed by atoms with van der Waals surface area (Å²) in [6.07, 6.45) is 0.100. The first kappa shape index (κ1) is 56.3. The Balaban J connectivity index is 1.59. The van der Waals surface area contributed by atoms with Crippen LogP contribution in [0, 0.1) is 11.8 Å². The van der Waals surface area contributed by atoms with Gasteiger partial charge in [0.25, 0.3) is 5.91 Å². The lowest BCUT2D eigenvalue weighted by molar-refractivity contribution is -0.134. The molecule has 21 nitrogen and oxygen atoms in total. The first-order chi connectivity index (χ1) is 33.8. The highest BCUT2D eigenvalue weighted by Crippen LogP contribution is 2.23. The number of aliphatic imine (C=N–C) groups is 1. The van der Waals surface area contributed by atoms with Crippen LogP contribution in [0.4, 0.5) is 0 Å². The molecule has 1 heterocycles. The predicted molar refractivity (Wildman–Crippen MR) is 268 cm³/mol. The van der Waals surface area contributed by atoms with E-state index in [1.165, 1.54) is 13.1 Å². The van der Waals surface area contributed by atoms with E-state index in [2.05, 4.69) is 41.5 Å². The van der Waals surface area contributed by atoms with Crippen molar-refractivity contribution in [2.75, 3.05) is 6.54 Å². The normalized spacial score (nSPS) is 15.1.